The summed E-state index contributed by atoms with van der Waals surface area (Å²) in [5.41, 5.74) is 1.57. The molecule has 0 spiro atoms. The van der Waals surface area contributed by atoms with Crippen molar-refractivity contribution in [3.63, 3.8) is 0 Å². The molecule has 1 aromatic heterocycles. The lowest BCUT2D eigenvalue weighted by molar-refractivity contribution is 0.0995. The van der Waals surface area contributed by atoms with Crippen LogP contribution in [0.3, 0.4) is 0 Å². The Kier molecular flexibility index (Phi) is 3.49. The molecule has 1 amide bonds. The van der Waals surface area contributed by atoms with Crippen molar-refractivity contribution in [2.45, 2.75) is 12.8 Å². The number of halogens is 1. The summed E-state index contributed by atoms with van der Waals surface area (Å²) in [6.45, 7) is 1.79. The molecule has 3 nitrogen and oxygen atoms in total. The molecular weight excluding hydrogens is 238 g/mol. The molecule has 1 aromatic carbocycles. The van der Waals surface area contributed by atoms with Crippen molar-refractivity contribution in [1.29, 1.82) is 0 Å². The molecule has 0 unspecified atom stereocenters. The third kappa shape index (κ3) is 2.68. The average Bonchev–Trinajstić information content (AvgIpc) is 2.72. The molecular formula is C13H12ClNO2. The van der Waals surface area contributed by atoms with E-state index in [1.165, 1.54) is 0 Å². The third-order valence-electron chi connectivity index (χ3n) is 2.42. The first kappa shape index (κ1) is 11.7. The summed E-state index contributed by atoms with van der Waals surface area (Å²) in [5.74, 6) is 1.03. The Balaban J connectivity index is 2.15. The van der Waals surface area contributed by atoms with E-state index in [9.17, 15) is 4.79 Å². The highest BCUT2D eigenvalue weighted by Crippen LogP contribution is 2.18. The number of para-hydroxylation sites is 1. The molecule has 0 aliphatic heterocycles. The van der Waals surface area contributed by atoms with Crippen LogP contribution in [-0.4, -0.2) is 5.91 Å². The van der Waals surface area contributed by atoms with Crippen LogP contribution in [0.1, 0.15) is 21.9 Å². The fraction of sp³-hybridized carbons (Fsp3) is 0.154. The van der Waals surface area contributed by atoms with E-state index in [0.29, 0.717) is 11.6 Å². The summed E-state index contributed by atoms with van der Waals surface area (Å²) < 4.78 is 5.34. The maximum atomic E-state index is 11.8. The van der Waals surface area contributed by atoms with Gasteiger partial charge in [0.25, 0.3) is 5.91 Å². The number of alkyl halides is 1. The van der Waals surface area contributed by atoms with Gasteiger partial charge in [0, 0.05) is 11.3 Å². The quantitative estimate of drug-likeness (QED) is 0.845. The summed E-state index contributed by atoms with van der Waals surface area (Å²) in [6.07, 6.45) is 0. The van der Waals surface area contributed by atoms with Crippen LogP contribution in [0.5, 0.6) is 0 Å². The number of anilines is 1. The molecule has 0 fully saturated rings. The van der Waals surface area contributed by atoms with E-state index in [1.807, 2.05) is 30.3 Å². The van der Waals surface area contributed by atoms with Gasteiger partial charge in [0.15, 0.2) is 5.76 Å². The molecule has 1 N–H and O–H groups in total. The second kappa shape index (κ2) is 5.06. The van der Waals surface area contributed by atoms with E-state index in [2.05, 4.69) is 5.32 Å². The zero-order valence-electron chi connectivity index (χ0n) is 9.37. The molecule has 2 rings (SSSR count). The highest BCUT2D eigenvalue weighted by atomic mass is 35.5. The van der Waals surface area contributed by atoms with E-state index in [1.54, 1.807) is 13.0 Å². The van der Waals surface area contributed by atoms with Gasteiger partial charge in [-0.1, -0.05) is 18.2 Å². The summed E-state index contributed by atoms with van der Waals surface area (Å²) in [4.78, 5) is 11.8. The molecule has 1 heterocycles. The number of benzene rings is 1. The predicted octanol–water partition coefficient (Wildman–Crippen LogP) is 3.58. The molecule has 2 aromatic rings. The minimum absolute atomic E-state index is 0.268. The lowest BCUT2D eigenvalue weighted by atomic mass is 10.2. The number of hydrogen-bond acceptors (Lipinski definition) is 2. The summed E-state index contributed by atoms with van der Waals surface area (Å²) >= 11 is 5.72. The highest BCUT2D eigenvalue weighted by Gasteiger charge is 2.13. The van der Waals surface area contributed by atoms with Crippen molar-refractivity contribution in [2.75, 3.05) is 5.32 Å². The molecule has 0 bridgehead atoms. The van der Waals surface area contributed by atoms with Crippen LogP contribution in [0.25, 0.3) is 0 Å². The lowest BCUT2D eigenvalue weighted by Crippen LogP contribution is -2.10. The average molecular weight is 250 g/mol. The maximum absolute atomic E-state index is 11.8. The Hall–Kier alpha value is -1.74. The number of carbonyl (C=O) groups excluding carboxylic acids is 1. The fourth-order valence-corrected chi connectivity index (χ4v) is 1.74. The van der Waals surface area contributed by atoms with Gasteiger partial charge >= 0.3 is 0 Å². The number of rotatable bonds is 3. The molecule has 0 saturated heterocycles. The Bertz CT molecular complexity index is 519. The van der Waals surface area contributed by atoms with Crippen molar-refractivity contribution >= 4 is 23.2 Å². The first-order valence-electron chi connectivity index (χ1n) is 5.22. The van der Waals surface area contributed by atoms with E-state index in [0.717, 1.165) is 11.3 Å². The van der Waals surface area contributed by atoms with Crippen molar-refractivity contribution in [3.8, 4) is 0 Å². The fourth-order valence-electron chi connectivity index (χ4n) is 1.48. The van der Waals surface area contributed by atoms with Gasteiger partial charge in [0.05, 0.1) is 5.88 Å². The number of furan rings is 1. The minimum Gasteiger partial charge on any atom is -0.456 e. The molecule has 4 heteroatoms. The standard InChI is InChI=1S/C13H12ClNO2/c1-9-10(8-14)7-12(17-9)13(16)15-11-5-3-2-4-6-11/h2-7H,8H2,1H3,(H,15,16). The lowest BCUT2D eigenvalue weighted by Gasteiger charge is -2.01. The SMILES string of the molecule is Cc1oc(C(=O)Nc2ccccc2)cc1CCl. The number of hydrogen-bond donors (Lipinski definition) is 1. The van der Waals surface area contributed by atoms with Gasteiger partial charge in [0.2, 0.25) is 0 Å². The van der Waals surface area contributed by atoms with Crippen LogP contribution in [0.2, 0.25) is 0 Å². The summed E-state index contributed by atoms with van der Waals surface area (Å²) in [7, 11) is 0. The molecule has 0 saturated carbocycles. The predicted molar refractivity (Wildman–Crippen MR) is 67.4 cm³/mol. The van der Waals surface area contributed by atoms with Crippen molar-refractivity contribution in [3.05, 3.63) is 53.5 Å². The highest BCUT2D eigenvalue weighted by molar-refractivity contribution is 6.17. The van der Waals surface area contributed by atoms with Gasteiger partial charge in [-0.05, 0) is 25.1 Å². The first-order valence-corrected chi connectivity index (χ1v) is 5.76. The van der Waals surface area contributed by atoms with Crippen molar-refractivity contribution in [1.82, 2.24) is 0 Å². The van der Waals surface area contributed by atoms with E-state index < -0.39 is 0 Å². The topological polar surface area (TPSA) is 42.2 Å². The second-order valence-corrected chi connectivity index (χ2v) is 3.91. The Labute approximate surface area is 104 Å². The van der Waals surface area contributed by atoms with Gasteiger partial charge in [0.1, 0.15) is 5.76 Å². The van der Waals surface area contributed by atoms with Crippen LogP contribution in [0.4, 0.5) is 5.69 Å². The Morgan fingerprint density at radius 2 is 2.06 bits per heavy atom. The van der Waals surface area contributed by atoms with Crippen LogP contribution in [-0.2, 0) is 5.88 Å². The van der Waals surface area contributed by atoms with E-state index in [4.69, 9.17) is 16.0 Å². The summed E-state index contributed by atoms with van der Waals surface area (Å²) in [5, 5.41) is 2.75. The zero-order valence-corrected chi connectivity index (χ0v) is 10.1. The smallest absolute Gasteiger partial charge is 0.291 e. The van der Waals surface area contributed by atoms with Gasteiger partial charge in [-0.2, -0.15) is 0 Å². The van der Waals surface area contributed by atoms with E-state index >= 15 is 0 Å². The number of aryl methyl sites for hydroxylation is 1. The number of amides is 1. The van der Waals surface area contributed by atoms with Crippen LogP contribution >= 0.6 is 11.6 Å². The minimum atomic E-state index is -0.268. The van der Waals surface area contributed by atoms with Gasteiger partial charge < -0.3 is 9.73 Å². The van der Waals surface area contributed by atoms with Crippen LogP contribution < -0.4 is 5.32 Å². The summed E-state index contributed by atoms with van der Waals surface area (Å²) in [6, 6.07) is 10.9. The zero-order chi connectivity index (χ0) is 12.3. The maximum Gasteiger partial charge on any atom is 0.291 e. The van der Waals surface area contributed by atoms with Crippen LogP contribution in [0.15, 0.2) is 40.8 Å². The van der Waals surface area contributed by atoms with E-state index in [-0.39, 0.29) is 11.7 Å². The third-order valence-corrected chi connectivity index (χ3v) is 2.71. The Morgan fingerprint density at radius 3 is 2.65 bits per heavy atom. The van der Waals surface area contributed by atoms with Gasteiger partial charge in [-0.3, -0.25) is 4.79 Å². The van der Waals surface area contributed by atoms with Crippen LogP contribution in [0, 0.1) is 6.92 Å². The first-order chi connectivity index (χ1) is 8.20. The van der Waals surface area contributed by atoms with Crippen molar-refractivity contribution < 1.29 is 9.21 Å². The Morgan fingerprint density at radius 1 is 1.35 bits per heavy atom. The van der Waals surface area contributed by atoms with Crippen molar-refractivity contribution in [2.24, 2.45) is 0 Å². The van der Waals surface area contributed by atoms with Gasteiger partial charge in [-0.15, -0.1) is 11.6 Å². The molecule has 0 aliphatic rings. The number of nitrogens with one attached hydrogen (secondary N) is 1. The van der Waals surface area contributed by atoms with Gasteiger partial charge in [-0.25, -0.2) is 0 Å². The monoisotopic (exact) mass is 249 g/mol. The molecule has 88 valence electrons. The molecule has 17 heavy (non-hydrogen) atoms. The second-order valence-electron chi connectivity index (χ2n) is 3.65. The molecule has 0 atom stereocenters. The molecule has 0 radical (unpaired) electrons. The normalized spacial score (nSPS) is 10.2. The largest absolute Gasteiger partial charge is 0.456 e. The molecule has 0 aliphatic carbocycles. The number of carbonyl (C=O) groups is 1.